The van der Waals surface area contributed by atoms with Gasteiger partial charge in [0.2, 0.25) is 0 Å². The Kier molecular flexibility index (Phi) is 1.10. The Bertz CT molecular complexity index is 116. The number of ether oxygens (including phenoxy) is 1. The van der Waals surface area contributed by atoms with Gasteiger partial charge in [0, 0.05) is 0 Å². The summed E-state index contributed by atoms with van der Waals surface area (Å²) in [4.78, 5) is 0. The minimum absolute atomic E-state index is 0.400. The molecular formula is C8H14O. The summed E-state index contributed by atoms with van der Waals surface area (Å²) in [6.07, 6.45) is 5.47. The van der Waals surface area contributed by atoms with Gasteiger partial charge >= 0.3 is 0 Å². The maximum Gasteiger partial charge on any atom is 0.0919 e. The molecule has 0 N–H and O–H groups in total. The Balaban J connectivity index is 1.96. The summed E-state index contributed by atoms with van der Waals surface area (Å²) in [6.45, 7) is 3.39. The number of hydrogen-bond donors (Lipinski definition) is 0. The Morgan fingerprint density at radius 2 is 2.33 bits per heavy atom. The topological polar surface area (TPSA) is 12.5 Å². The van der Waals surface area contributed by atoms with Crippen LogP contribution in [-0.2, 0) is 4.74 Å². The highest BCUT2D eigenvalue weighted by Gasteiger charge is 2.46. The molecule has 1 saturated heterocycles. The fraction of sp³-hybridized carbons (Fsp3) is 1.00. The van der Waals surface area contributed by atoms with Crippen LogP contribution in [0.5, 0.6) is 0 Å². The standard InChI is InChI=1S/C8H14O/c1-7-3-2-4-8(5-7)6-9-8/h7H,2-6H2,1H3/t7-,8-/m1/s1. The molecule has 2 aliphatic rings. The first kappa shape index (κ1) is 5.72. The highest BCUT2D eigenvalue weighted by atomic mass is 16.6. The normalized spacial score (nSPS) is 49.7. The van der Waals surface area contributed by atoms with E-state index in [1.54, 1.807) is 0 Å². The van der Waals surface area contributed by atoms with E-state index in [9.17, 15) is 0 Å². The van der Waals surface area contributed by atoms with E-state index in [1.165, 1.54) is 25.7 Å². The van der Waals surface area contributed by atoms with Gasteiger partial charge in [0.05, 0.1) is 12.2 Å². The second kappa shape index (κ2) is 1.72. The molecule has 52 valence electrons. The Morgan fingerprint density at radius 3 is 2.78 bits per heavy atom. The van der Waals surface area contributed by atoms with E-state index < -0.39 is 0 Å². The van der Waals surface area contributed by atoms with Gasteiger partial charge in [0.25, 0.3) is 0 Å². The summed E-state index contributed by atoms with van der Waals surface area (Å²) < 4.78 is 5.41. The van der Waals surface area contributed by atoms with Crippen molar-refractivity contribution < 1.29 is 4.74 Å². The molecule has 0 amide bonds. The van der Waals surface area contributed by atoms with Gasteiger partial charge in [-0.05, 0) is 18.8 Å². The molecule has 1 nitrogen and oxygen atoms in total. The molecule has 0 bridgehead atoms. The lowest BCUT2D eigenvalue weighted by Crippen LogP contribution is -2.20. The number of rotatable bonds is 0. The van der Waals surface area contributed by atoms with Crippen molar-refractivity contribution in [2.75, 3.05) is 6.61 Å². The van der Waals surface area contributed by atoms with Crippen LogP contribution in [-0.4, -0.2) is 12.2 Å². The summed E-state index contributed by atoms with van der Waals surface area (Å²) in [5, 5.41) is 0. The largest absolute Gasteiger partial charge is 0.370 e. The second-order valence-corrected chi connectivity index (χ2v) is 3.67. The maximum atomic E-state index is 5.41. The van der Waals surface area contributed by atoms with Gasteiger partial charge in [0.15, 0.2) is 0 Å². The number of epoxide rings is 1. The molecule has 1 saturated carbocycles. The van der Waals surface area contributed by atoms with E-state index in [2.05, 4.69) is 6.92 Å². The predicted molar refractivity (Wildman–Crippen MR) is 36.3 cm³/mol. The van der Waals surface area contributed by atoms with E-state index in [0.717, 1.165) is 12.5 Å². The lowest BCUT2D eigenvalue weighted by molar-refractivity contribution is 0.199. The van der Waals surface area contributed by atoms with Crippen LogP contribution in [0, 0.1) is 5.92 Å². The SMILES string of the molecule is C[C@@H]1CCC[C@]2(CO2)C1. The molecule has 2 atom stereocenters. The second-order valence-electron chi connectivity index (χ2n) is 3.67. The van der Waals surface area contributed by atoms with Crippen LogP contribution in [0.25, 0.3) is 0 Å². The molecule has 0 aromatic heterocycles. The average Bonchev–Trinajstić information content (AvgIpc) is 2.49. The first-order valence-electron chi connectivity index (χ1n) is 3.95. The van der Waals surface area contributed by atoms with Crippen LogP contribution in [0.4, 0.5) is 0 Å². The molecule has 1 heterocycles. The van der Waals surface area contributed by atoms with Gasteiger partial charge in [0.1, 0.15) is 0 Å². The third-order valence-corrected chi connectivity index (χ3v) is 2.60. The van der Waals surface area contributed by atoms with E-state index >= 15 is 0 Å². The van der Waals surface area contributed by atoms with E-state index in [-0.39, 0.29) is 0 Å². The molecule has 9 heavy (non-hydrogen) atoms. The highest BCUT2D eigenvalue weighted by Crippen LogP contribution is 2.43. The van der Waals surface area contributed by atoms with Crippen LogP contribution in [0.15, 0.2) is 0 Å². The van der Waals surface area contributed by atoms with Gasteiger partial charge in [-0.15, -0.1) is 0 Å². The minimum atomic E-state index is 0.400. The molecule has 0 radical (unpaired) electrons. The van der Waals surface area contributed by atoms with Crippen molar-refractivity contribution in [3.63, 3.8) is 0 Å². The fourth-order valence-corrected chi connectivity index (χ4v) is 1.98. The third-order valence-electron chi connectivity index (χ3n) is 2.60. The molecular weight excluding hydrogens is 112 g/mol. The van der Waals surface area contributed by atoms with Crippen molar-refractivity contribution in [1.29, 1.82) is 0 Å². The maximum absolute atomic E-state index is 5.41. The molecule has 2 rings (SSSR count). The van der Waals surface area contributed by atoms with Crippen molar-refractivity contribution in [1.82, 2.24) is 0 Å². The molecule has 0 aromatic carbocycles. The van der Waals surface area contributed by atoms with Gasteiger partial charge in [-0.3, -0.25) is 0 Å². The minimum Gasteiger partial charge on any atom is -0.370 e. The van der Waals surface area contributed by atoms with Crippen LogP contribution < -0.4 is 0 Å². The summed E-state index contributed by atoms with van der Waals surface area (Å²) in [5.41, 5.74) is 0.400. The van der Waals surface area contributed by atoms with Crippen molar-refractivity contribution >= 4 is 0 Å². The molecule has 0 aromatic rings. The van der Waals surface area contributed by atoms with Crippen LogP contribution in [0.2, 0.25) is 0 Å². The Morgan fingerprint density at radius 1 is 1.56 bits per heavy atom. The van der Waals surface area contributed by atoms with Gasteiger partial charge < -0.3 is 4.74 Å². The quantitative estimate of drug-likeness (QED) is 0.452. The van der Waals surface area contributed by atoms with Crippen molar-refractivity contribution in [2.24, 2.45) is 5.92 Å². The lowest BCUT2D eigenvalue weighted by atomic mass is 9.83. The molecule has 1 heteroatoms. The van der Waals surface area contributed by atoms with Crippen LogP contribution >= 0.6 is 0 Å². The highest BCUT2D eigenvalue weighted by molar-refractivity contribution is 4.95. The van der Waals surface area contributed by atoms with E-state index in [1.807, 2.05) is 0 Å². The lowest BCUT2D eigenvalue weighted by Gasteiger charge is -2.23. The third kappa shape index (κ3) is 0.983. The van der Waals surface area contributed by atoms with Crippen LogP contribution in [0.1, 0.15) is 32.6 Å². The monoisotopic (exact) mass is 126 g/mol. The Labute approximate surface area is 56.4 Å². The van der Waals surface area contributed by atoms with Gasteiger partial charge in [-0.25, -0.2) is 0 Å². The predicted octanol–water partition coefficient (Wildman–Crippen LogP) is 1.97. The summed E-state index contributed by atoms with van der Waals surface area (Å²) >= 11 is 0. The zero-order valence-corrected chi connectivity index (χ0v) is 6.02. The average molecular weight is 126 g/mol. The van der Waals surface area contributed by atoms with E-state index in [0.29, 0.717) is 5.60 Å². The number of hydrogen-bond acceptors (Lipinski definition) is 1. The Hall–Kier alpha value is -0.0400. The first-order chi connectivity index (χ1) is 4.31. The van der Waals surface area contributed by atoms with E-state index in [4.69, 9.17) is 4.74 Å². The van der Waals surface area contributed by atoms with Gasteiger partial charge in [-0.2, -0.15) is 0 Å². The molecule has 1 spiro atoms. The summed E-state index contributed by atoms with van der Waals surface area (Å²) in [6, 6.07) is 0. The summed E-state index contributed by atoms with van der Waals surface area (Å²) in [5.74, 6) is 0.918. The van der Waals surface area contributed by atoms with Crippen molar-refractivity contribution in [2.45, 2.75) is 38.2 Å². The molecule has 0 unspecified atom stereocenters. The summed E-state index contributed by atoms with van der Waals surface area (Å²) in [7, 11) is 0. The van der Waals surface area contributed by atoms with Crippen LogP contribution in [0.3, 0.4) is 0 Å². The molecule has 2 fully saturated rings. The smallest absolute Gasteiger partial charge is 0.0919 e. The zero-order valence-electron chi connectivity index (χ0n) is 6.02. The molecule has 1 aliphatic heterocycles. The van der Waals surface area contributed by atoms with Crippen molar-refractivity contribution in [3.05, 3.63) is 0 Å². The molecule has 1 aliphatic carbocycles. The first-order valence-corrected chi connectivity index (χ1v) is 3.95. The fourth-order valence-electron chi connectivity index (χ4n) is 1.98. The zero-order chi connectivity index (χ0) is 6.32. The van der Waals surface area contributed by atoms with Crippen molar-refractivity contribution in [3.8, 4) is 0 Å². The van der Waals surface area contributed by atoms with Gasteiger partial charge in [-0.1, -0.05) is 19.8 Å².